The van der Waals surface area contributed by atoms with E-state index in [2.05, 4.69) is 0 Å². The van der Waals surface area contributed by atoms with Crippen LogP contribution in [0, 0.1) is 0 Å². The standard InChI is InChI=1S/C63H66O11S/c1-46(64)72-61-59(70-42-52-33-19-7-20-34-52)57(68-40-50-29-15-5-16-30-50)55(45-66-38-48-25-11-3-12-26-48)74-63(61)75-62-60(71-43-53-35-21-8-22-36-53)58(69-41-51-31-17-6-18-32-51)56(67-39-49-27-13-4-14-28-49)54(73-62)44-65-37-47-23-9-2-10-24-47/h2-36,54-63H,37-45H2,1H3/t54-,55-,56-,57-,58+,59+,60-,61+,62-,63-/m1/s1. The van der Waals surface area contributed by atoms with E-state index in [0.717, 1.165) is 38.9 Å². The zero-order chi connectivity index (χ0) is 51.3. The van der Waals surface area contributed by atoms with Crippen molar-refractivity contribution in [1.82, 2.24) is 0 Å². The lowest BCUT2D eigenvalue weighted by molar-refractivity contribution is -0.259. The third-order valence-electron chi connectivity index (χ3n) is 13.0. The Labute approximate surface area is 445 Å². The molecule has 0 N–H and O–H groups in total. The third kappa shape index (κ3) is 16.3. The number of thioether (sulfide) groups is 1. The van der Waals surface area contributed by atoms with Crippen LogP contribution in [0.2, 0.25) is 0 Å². The second-order valence-electron chi connectivity index (χ2n) is 18.6. The highest BCUT2D eigenvalue weighted by atomic mass is 32.2. The molecule has 0 aliphatic carbocycles. The molecule has 0 spiro atoms. The largest absolute Gasteiger partial charge is 0.456 e. The summed E-state index contributed by atoms with van der Waals surface area (Å²) < 4.78 is 69.0. The molecular formula is C63H66O11S. The monoisotopic (exact) mass is 1030 g/mol. The summed E-state index contributed by atoms with van der Waals surface area (Å²) >= 11 is 1.36. The maximum Gasteiger partial charge on any atom is 0.303 e. The van der Waals surface area contributed by atoms with E-state index in [1.165, 1.54) is 18.7 Å². The molecule has 0 bridgehead atoms. The lowest BCUT2D eigenvalue weighted by atomic mass is 9.98. The topological polar surface area (TPSA) is 109 Å². The normalized spacial score (nSPS) is 23.6. The molecule has 11 nitrogen and oxygen atoms in total. The summed E-state index contributed by atoms with van der Waals surface area (Å²) in [6, 6.07) is 70.0. The predicted octanol–water partition coefficient (Wildman–Crippen LogP) is 11.5. The molecule has 7 aromatic carbocycles. The number of esters is 1. The van der Waals surface area contributed by atoms with E-state index in [-0.39, 0.29) is 46.2 Å². The number of benzene rings is 7. The van der Waals surface area contributed by atoms with Crippen LogP contribution in [0.5, 0.6) is 0 Å². The summed E-state index contributed by atoms with van der Waals surface area (Å²) in [6.45, 7) is 3.64. The van der Waals surface area contributed by atoms with Gasteiger partial charge in [-0.25, -0.2) is 0 Å². The van der Waals surface area contributed by atoms with E-state index in [1.807, 2.05) is 212 Å². The van der Waals surface area contributed by atoms with Gasteiger partial charge in [0.2, 0.25) is 0 Å². The molecule has 7 aromatic rings. The van der Waals surface area contributed by atoms with Crippen molar-refractivity contribution < 1.29 is 52.2 Å². The molecule has 9 rings (SSSR count). The van der Waals surface area contributed by atoms with Crippen LogP contribution in [-0.4, -0.2) is 78.9 Å². The molecule has 0 unspecified atom stereocenters. The van der Waals surface area contributed by atoms with E-state index in [4.69, 9.17) is 47.4 Å². The highest BCUT2D eigenvalue weighted by Gasteiger charge is 2.54. The number of carbonyl (C=O) groups is 1. The van der Waals surface area contributed by atoms with Gasteiger partial charge in [-0.1, -0.05) is 224 Å². The van der Waals surface area contributed by atoms with E-state index in [1.54, 1.807) is 0 Å². The zero-order valence-corrected chi connectivity index (χ0v) is 43.1. The van der Waals surface area contributed by atoms with Gasteiger partial charge in [0.05, 0.1) is 59.5 Å². The van der Waals surface area contributed by atoms with Crippen molar-refractivity contribution in [3.63, 3.8) is 0 Å². The highest BCUT2D eigenvalue weighted by Crippen LogP contribution is 2.42. The molecule has 0 amide bonds. The second-order valence-corrected chi connectivity index (χ2v) is 19.8. The van der Waals surface area contributed by atoms with Crippen LogP contribution >= 0.6 is 11.8 Å². The van der Waals surface area contributed by atoms with Crippen molar-refractivity contribution in [2.24, 2.45) is 0 Å². The van der Waals surface area contributed by atoms with Crippen LogP contribution in [0.3, 0.4) is 0 Å². The summed E-state index contributed by atoms with van der Waals surface area (Å²) in [4.78, 5) is 13.5. The fraction of sp³-hybridized carbons (Fsp3) is 0.317. The van der Waals surface area contributed by atoms with Crippen LogP contribution in [-0.2, 0) is 98.4 Å². The Kier molecular flexibility index (Phi) is 20.6. The van der Waals surface area contributed by atoms with Gasteiger partial charge in [-0.15, -0.1) is 0 Å². The molecule has 10 atom stereocenters. The third-order valence-corrected chi connectivity index (χ3v) is 14.3. The summed E-state index contributed by atoms with van der Waals surface area (Å²) in [5.41, 5.74) is 5.18. The van der Waals surface area contributed by atoms with Crippen molar-refractivity contribution in [3.05, 3.63) is 251 Å². The average Bonchev–Trinajstić information content (AvgIpc) is 3.45. The molecule has 0 radical (unpaired) electrons. The number of carbonyl (C=O) groups excluding carboxylic acids is 1. The van der Waals surface area contributed by atoms with Gasteiger partial charge < -0.3 is 47.4 Å². The first-order chi connectivity index (χ1) is 37.0. The van der Waals surface area contributed by atoms with Gasteiger partial charge in [0.15, 0.2) is 6.10 Å². The Balaban J connectivity index is 1.10. The first-order valence-electron chi connectivity index (χ1n) is 25.7. The van der Waals surface area contributed by atoms with Crippen LogP contribution in [0.4, 0.5) is 0 Å². The minimum atomic E-state index is -0.996. The van der Waals surface area contributed by atoms with Crippen molar-refractivity contribution in [2.45, 2.75) is 113 Å². The molecule has 0 saturated carbocycles. The number of hydrogen-bond donors (Lipinski definition) is 0. The van der Waals surface area contributed by atoms with Gasteiger partial charge in [0, 0.05) is 6.92 Å². The van der Waals surface area contributed by atoms with Gasteiger partial charge in [0.25, 0.3) is 0 Å². The van der Waals surface area contributed by atoms with Gasteiger partial charge >= 0.3 is 5.97 Å². The number of ether oxygens (including phenoxy) is 10. The molecule has 75 heavy (non-hydrogen) atoms. The first-order valence-corrected chi connectivity index (χ1v) is 26.6. The zero-order valence-electron chi connectivity index (χ0n) is 42.2. The minimum Gasteiger partial charge on any atom is -0.456 e. The highest BCUT2D eigenvalue weighted by molar-refractivity contribution is 8.00. The summed E-state index contributed by atoms with van der Waals surface area (Å²) in [5, 5.41) is 0. The minimum absolute atomic E-state index is 0.136. The van der Waals surface area contributed by atoms with Crippen LogP contribution in [0.1, 0.15) is 45.9 Å². The van der Waals surface area contributed by atoms with Crippen LogP contribution in [0.15, 0.2) is 212 Å². The first kappa shape index (κ1) is 53.8. The molecule has 2 aliphatic rings. The summed E-state index contributed by atoms with van der Waals surface area (Å²) in [5.74, 6) is -0.504. The van der Waals surface area contributed by atoms with E-state index in [9.17, 15) is 4.79 Å². The van der Waals surface area contributed by atoms with Crippen molar-refractivity contribution in [1.29, 1.82) is 0 Å². The van der Waals surface area contributed by atoms with Gasteiger partial charge in [-0.3, -0.25) is 4.79 Å². The summed E-state index contributed by atoms with van der Waals surface area (Å²) in [6.07, 6.45) is -6.09. The fourth-order valence-corrected chi connectivity index (χ4v) is 10.7. The maximum atomic E-state index is 13.5. The van der Waals surface area contributed by atoms with E-state index in [0.29, 0.717) is 13.2 Å². The molecular weight excluding hydrogens is 965 g/mol. The van der Waals surface area contributed by atoms with Crippen molar-refractivity contribution in [2.75, 3.05) is 13.2 Å². The van der Waals surface area contributed by atoms with Gasteiger partial charge in [0.1, 0.15) is 53.6 Å². The van der Waals surface area contributed by atoms with Crippen LogP contribution in [0.25, 0.3) is 0 Å². The molecule has 0 aromatic heterocycles. The quantitative estimate of drug-likeness (QED) is 0.0482. The van der Waals surface area contributed by atoms with E-state index < -0.39 is 65.7 Å². The number of hydrogen-bond acceptors (Lipinski definition) is 12. The maximum absolute atomic E-state index is 13.5. The molecule has 12 heteroatoms. The molecule has 390 valence electrons. The Bertz CT molecular complexity index is 2680. The van der Waals surface area contributed by atoms with Crippen molar-refractivity contribution in [3.8, 4) is 0 Å². The Hall–Kier alpha value is -6.00. The van der Waals surface area contributed by atoms with Crippen molar-refractivity contribution >= 4 is 17.7 Å². The fourth-order valence-electron chi connectivity index (χ4n) is 9.22. The molecule has 2 heterocycles. The molecule has 2 aliphatic heterocycles. The van der Waals surface area contributed by atoms with Gasteiger partial charge in [-0.05, 0) is 38.9 Å². The van der Waals surface area contributed by atoms with Gasteiger partial charge in [-0.2, -0.15) is 0 Å². The Morgan fingerprint density at radius 1 is 0.347 bits per heavy atom. The molecule has 2 fully saturated rings. The lowest BCUT2D eigenvalue weighted by Crippen LogP contribution is -2.63. The Morgan fingerprint density at radius 2 is 0.600 bits per heavy atom. The summed E-state index contributed by atoms with van der Waals surface area (Å²) in [7, 11) is 0. The smallest absolute Gasteiger partial charge is 0.303 e. The van der Waals surface area contributed by atoms with Crippen LogP contribution < -0.4 is 0 Å². The van der Waals surface area contributed by atoms with E-state index >= 15 is 0 Å². The SMILES string of the molecule is CC(=O)O[C@H]1[C@@H](OCc2ccccc2)[C@H](OCc2ccccc2)[C@@H](COCc2ccccc2)O[C@@H]1S[C@H]1O[C@H](COCc2ccccc2)[C@@H](OCc2ccccc2)[C@H](OCc2ccccc2)[C@H]1OCc1ccccc1. The lowest BCUT2D eigenvalue weighted by Gasteiger charge is -2.49. The Morgan fingerprint density at radius 3 is 0.907 bits per heavy atom. The molecule has 2 saturated heterocycles. The number of rotatable bonds is 26. The predicted molar refractivity (Wildman–Crippen MR) is 288 cm³/mol. The second kappa shape index (κ2) is 28.8. The average molecular weight is 1030 g/mol.